The van der Waals surface area contributed by atoms with Crippen molar-refractivity contribution >= 4 is 54.4 Å². The number of rotatable bonds is 5. The average molecular weight is 761 g/mol. The van der Waals surface area contributed by atoms with Crippen molar-refractivity contribution in [1.82, 2.24) is 9.13 Å². The summed E-state index contributed by atoms with van der Waals surface area (Å²) in [4.78, 5) is 0. The highest BCUT2D eigenvalue weighted by Crippen LogP contribution is 2.51. The van der Waals surface area contributed by atoms with Crippen molar-refractivity contribution < 1.29 is 0 Å². The first-order valence-electron chi connectivity index (χ1n) is 20.8. The molecule has 1 aliphatic carbocycles. The third kappa shape index (κ3) is 4.82. The summed E-state index contributed by atoms with van der Waals surface area (Å²) in [6, 6.07) is 80.4. The van der Waals surface area contributed by atoms with Gasteiger partial charge >= 0.3 is 0 Å². The largest absolute Gasteiger partial charge is 0.309 e. The molecular formula is C58H36N2. The van der Waals surface area contributed by atoms with Crippen LogP contribution in [0.25, 0.3) is 121 Å². The Morgan fingerprint density at radius 2 is 0.667 bits per heavy atom. The molecule has 1 aliphatic rings. The summed E-state index contributed by atoms with van der Waals surface area (Å²) in [5, 5.41) is 7.69. The normalized spacial score (nSPS) is 12.0. The molecule has 12 aromatic rings. The Labute approximate surface area is 347 Å². The van der Waals surface area contributed by atoms with Gasteiger partial charge in [-0.15, -0.1) is 0 Å². The van der Waals surface area contributed by atoms with Crippen molar-refractivity contribution in [3.05, 3.63) is 218 Å². The topological polar surface area (TPSA) is 9.86 Å². The Morgan fingerprint density at radius 3 is 1.33 bits per heavy atom. The number of nitrogens with zero attached hydrogens (tertiary/aromatic N) is 2. The SMILES string of the molecule is c1ccc(-n2c3ccccc3c3cc(-c4cccc(-c5ccc6c(c5)-c5cccc7c(-c8ccc9c(c8)c8ccccc8n9-c8ccccc8)ccc-6c57)c4)ccc32)cc1. The Morgan fingerprint density at radius 1 is 0.217 bits per heavy atom. The molecule has 0 atom stereocenters. The first-order chi connectivity index (χ1) is 29.8. The van der Waals surface area contributed by atoms with Crippen LogP contribution < -0.4 is 0 Å². The molecule has 0 saturated carbocycles. The summed E-state index contributed by atoms with van der Waals surface area (Å²) in [5.74, 6) is 0. The van der Waals surface area contributed by atoms with E-state index in [0.717, 1.165) is 0 Å². The van der Waals surface area contributed by atoms with E-state index in [1.54, 1.807) is 0 Å². The van der Waals surface area contributed by atoms with Gasteiger partial charge in [-0.05, 0) is 139 Å². The molecule has 0 amide bonds. The quantitative estimate of drug-likeness (QED) is 0.165. The van der Waals surface area contributed by atoms with Crippen molar-refractivity contribution in [1.29, 1.82) is 0 Å². The third-order valence-corrected chi connectivity index (χ3v) is 12.9. The van der Waals surface area contributed by atoms with Gasteiger partial charge in [-0.3, -0.25) is 0 Å². The highest BCUT2D eigenvalue weighted by molar-refractivity contribution is 6.20. The minimum absolute atomic E-state index is 1.18. The van der Waals surface area contributed by atoms with Gasteiger partial charge in [0, 0.05) is 32.9 Å². The maximum Gasteiger partial charge on any atom is 0.0541 e. The second-order valence-corrected chi connectivity index (χ2v) is 16.1. The molecule has 13 rings (SSSR count). The fraction of sp³-hybridized carbons (Fsp3) is 0. The van der Waals surface area contributed by atoms with Gasteiger partial charge in [-0.1, -0.05) is 146 Å². The zero-order chi connectivity index (χ0) is 39.3. The van der Waals surface area contributed by atoms with Crippen LogP contribution in [0.3, 0.4) is 0 Å². The molecule has 0 spiro atoms. The van der Waals surface area contributed by atoms with E-state index >= 15 is 0 Å². The van der Waals surface area contributed by atoms with Crippen LogP contribution in [0.2, 0.25) is 0 Å². The maximum atomic E-state index is 2.41. The Kier molecular flexibility index (Phi) is 7.05. The molecular weight excluding hydrogens is 725 g/mol. The molecule has 278 valence electrons. The molecule has 2 heterocycles. The van der Waals surface area contributed by atoms with Crippen molar-refractivity contribution in [3.63, 3.8) is 0 Å². The molecule has 2 aromatic heterocycles. The summed E-state index contributed by atoms with van der Waals surface area (Å²) in [6.07, 6.45) is 0. The number of hydrogen-bond donors (Lipinski definition) is 0. The van der Waals surface area contributed by atoms with Crippen molar-refractivity contribution in [2.45, 2.75) is 0 Å². The number of fused-ring (bicyclic) bond motifs is 9. The number of aromatic nitrogens is 2. The standard InChI is InChI=1S/C58H36N2/c1-3-15-42(16-4-1)59-54-23-9-7-19-46(54)52-35-40(26-31-56(52)59)38-14-11-13-37(33-38)39-25-28-45-50-30-29-44(48-21-12-22-49(58(48)50)51(45)34-39)41-27-32-57-53(36-41)47-20-8-10-24-55(47)60(57)43-17-5-2-6-18-43/h1-36H. The Hall–Kier alpha value is -7.94. The highest BCUT2D eigenvalue weighted by atomic mass is 15.0. The molecule has 0 bridgehead atoms. The van der Waals surface area contributed by atoms with Gasteiger partial charge in [0.2, 0.25) is 0 Å². The molecule has 0 radical (unpaired) electrons. The molecule has 0 aliphatic heterocycles. The molecule has 2 nitrogen and oxygen atoms in total. The molecule has 0 saturated heterocycles. The average Bonchev–Trinajstić information content (AvgIpc) is 3.95. The lowest BCUT2D eigenvalue weighted by Crippen LogP contribution is -1.92. The van der Waals surface area contributed by atoms with Crippen LogP contribution in [-0.2, 0) is 0 Å². The molecule has 2 heteroatoms. The van der Waals surface area contributed by atoms with Crippen LogP contribution in [-0.4, -0.2) is 9.13 Å². The smallest absolute Gasteiger partial charge is 0.0541 e. The molecule has 0 N–H and O–H groups in total. The predicted octanol–water partition coefficient (Wildman–Crippen LogP) is 15.7. The summed E-state index contributed by atoms with van der Waals surface area (Å²) >= 11 is 0. The lowest BCUT2D eigenvalue weighted by molar-refractivity contribution is 1.18. The van der Waals surface area contributed by atoms with Gasteiger partial charge in [0.15, 0.2) is 0 Å². The summed E-state index contributed by atoms with van der Waals surface area (Å²) in [7, 11) is 0. The first kappa shape index (κ1) is 33.1. The van der Waals surface area contributed by atoms with E-state index in [1.807, 2.05) is 0 Å². The molecule has 60 heavy (non-hydrogen) atoms. The van der Waals surface area contributed by atoms with Crippen LogP contribution in [0, 0.1) is 0 Å². The number of hydrogen-bond acceptors (Lipinski definition) is 0. The summed E-state index contributed by atoms with van der Waals surface area (Å²) in [5.41, 5.74) is 19.8. The minimum atomic E-state index is 1.18. The van der Waals surface area contributed by atoms with Crippen molar-refractivity contribution in [2.75, 3.05) is 0 Å². The van der Waals surface area contributed by atoms with Gasteiger partial charge in [-0.25, -0.2) is 0 Å². The van der Waals surface area contributed by atoms with E-state index < -0.39 is 0 Å². The highest BCUT2D eigenvalue weighted by Gasteiger charge is 2.24. The number of para-hydroxylation sites is 4. The van der Waals surface area contributed by atoms with Gasteiger partial charge in [0.05, 0.1) is 22.1 Å². The van der Waals surface area contributed by atoms with Crippen LogP contribution in [0.15, 0.2) is 218 Å². The van der Waals surface area contributed by atoms with Crippen LogP contribution in [0.1, 0.15) is 0 Å². The van der Waals surface area contributed by atoms with Gasteiger partial charge < -0.3 is 9.13 Å². The molecule has 0 fully saturated rings. The Bertz CT molecular complexity index is 3700. The zero-order valence-corrected chi connectivity index (χ0v) is 32.7. The molecule has 0 unspecified atom stereocenters. The van der Waals surface area contributed by atoms with Gasteiger partial charge in [0.1, 0.15) is 0 Å². The van der Waals surface area contributed by atoms with Crippen molar-refractivity contribution in [2.24, 2.45) is 0 Å². The summed E-state index contributed by atoms with van der Waals surface area (Å²) < 4.78 is 4.76. The third-order valence-electron chi connectivity index (χ3n) is 12.9. The van der Waals surface area contributed by atoms with E-state index in [4.69, 9.17) is 0 Å². The first-order valence-corrected chi connectivity index (χ1v) is 20.8. The predicted molar refractivity (Wildman–Crippen MR) is 253 cm³/mol. The monoisotopic (exact) mass is 760 g/mol. The maximum absolute atomic E-state index is 2.41. The summed E-state index contributed by atoms with van der Waals surface area (Å²) in [6.45, 7) is 0. The minimum Gasteiger partial charge on any atom is -0.309 e. The fourth-order valence-electron chi connectivity index (χ4n) is 10.2. The zero-order valence-electron chi connectivity index (χ0n) is 32.7. The van der Waals surface area contributed by atoms with E-state index in [2.05, 4.69) is 228 Å². The van der Waals surface area contributed by atoms with E-state index in [0.29, 0.717) is 0 Å². The fourth-order valence-corrected chi connectivity index (χ4v) is 10.2. The van der Waals surface area contributed by atoms with Gasteiger partial charge in [-0.2, -0.15) is 0 Å². The van der Waals surface area contributed by atoms with Gasteiger partial charge in [0.25, 0.3) is 0 Å². The van der Waals surface area contributed by atoms with E-state index in [-0.39, 0.29) is 0 Å². The second kappa shape index (κ2) is 12.8. The molecule has 10 aromatic carbocycles. The van der Waals surface area contributed by atoms with E-state index in [1.165, 1.54) is 121 Å². The van der Waals surface area contributed by atoms with Crippen molar-refractivity contribution in [3.8, 4) is 67.0 Å². The van der Waals surface area contributed by atoms with Crippen LogP contribution in [0.4, 0.5) is 0 Å². The second-order valence-electron chi connectivity index (χ2n) is 16.1. The van der Waals surface area contributed by atoms with E-state index in [9.17, 15) is 0 Å². The van der Waals surface area contributed by atoms with Crippen LogP contribution in [0.5, 0.6) is 0 Å². The Balaban J connectivity index is 0.894. The lowest BCUT2D eigenvalue weighted by atomic mass is 9.93. The van der Waals surface area contributed by atoms with Crippen LogP contribution >= 0.6 is 0 Å². The lowest BCUT2D eigenvalue weighted by Gasteiger charge is -2.11. The number of benzene rings is 10.